The third kappa shape index (κ3) is 3.31. The Kier molecular flexibility index (Phi) is 4.01. The molecule has 106 valence electrons. The summed E-state index contributed by atoms with van der Waals surface area (Å²) in [6, 6.07) is 12.7. The molecule has 0 aliphatic rings. The number of hydrogen-bond acceptors (Lipinski definition) is 4. The van der Waals surface area contributed by atoms with Gasteiger partial charge in [-0.1, -0.05) is 18.2 Å². The molecule has 5 heteroatoms. The topological polar surface area (TPSA) is 37.8 Å². The number of halogens is 1. The minimum absolute atomic E-state index is 0.259. The molecule has 1 N–H and O–H groups in total. The third-order valence-electron chi connectivity index (χ3n) is 3.01. The second-order valence-corrected chi connectivity index (χ2v) is 5.52. The molecule has 1 heterocycles. The van der Waals surface area contributed by atoms with Crippen LogP contribution < -0.4 is 5.32 Å². The van der Waals surface area contributed by atoms with Gasteiger partial charge in [-0.3, -0.25) is 0 Å². The first-order valence-electron chi connectivity index (χ1n) is 6.52. The van der Waals surface area contributed by atoms with Crippen molar-refractivity contribution in [2.45, 2.75) is 5.75 Å². The van der Waals surface area contributed by atoms with Gasteiger partial charge in [0.15, 0.2) is 0 Å². The molecule has 21 heavy (non-hydrogen) atoms. The van der Waals surface area contributed by atoms with Crippen molar-refractivity contribution < 1.29 is 4.39 Å². The van der Waals surface area contributed by atoms with E-state index >= 15 is 0 Å². The Bertz CT molecular complexity index is 776. The zero-order valence-corrected chi connectivity index (χ0v) is 12.3. The molecule has 1 aromatic heterocycles. The normalized spacial score (nSPS) is 10.8. The molecule has 0 radical (unpaired) electrons. The number of fused-ring (bicyclic) bond motifs is 1. The van der Waals surface area contributed by atoms with Crippen LogP contribution in [-0.4, -0.2) is 16.2 Å². The molecule has 3 rings (SSSR count). The van der Waals surface area contributed by atoms with E-state index in [4.69, 9.17) is 0 Å². The average molecular weight is 299 g/mol. The van der Waals surface area contributed by atoms with Gasteiger partial charge in [-0.05, 0) is 36.1 Å². The van der Waals surface area contributed by atoms with Crippen LogP contribution in [0.25, 0.3) is 10.9 Å². The van der Waals surface area contributed by atoms with Crippen LogP contribution in [0.4, 0.5) is 16.0 Å². The maximum atomic E-state index is 13.6. The molecular weight excluding hydrogens is 285 g/mol. The van der Waals surface area contributed by atoms with Crippen molar-refractivity contribution in [1.29, 1.82) is 0 Å². The van der Waals surface area contributed by atoms with Crippen molar-refractivity contribution in [2.75, 3.05) is 11.6 Å². The Balaban J connectivity index is 1.90. The van der Waals surface area contributed by atoms with E-state index in [9.17, 15) is 4.39 Å². The molecule has 0 spiro atoms. The molecular formula is C16H14FN3S. The number of anilines is 2. The van der Waals surface area contributed by atoms with Crippen LogP contribution in [-0.2, 0) is 5.75 Å². The van der Waals surface area contributed by atoms with E-state index in [1.54, 1.807) is 24.0 Å². The molecule has 2 aromatic carbocycles. The molecule has 3 nitrogen and oxygen atoms in total. The van der Waals surface area contributed by atoms with Crippen molar-refractivity contribution >= 4 is 34.3 Å². The van der Waals surface area contributed by atoms with Crippen LogP contribution in [0.1, 0.15) is 5.56 Å². The highest BCUT2D eigenvalue weighted by Gasteiger charge is 2.04. The second-order valence-electron chi connectivity index (χ2n) is 4.66. The fourth-order valence-corrected chi connectivity index (χ4v) is 2.63. The van der Waals surface area contributed by atoms with Crippen LogP contribution >= 0.6 is 11.8 Å². The Hall–Kier alpha value is -2.14. The first-order valence-corrected chi connectivity index (χ1v) is 7.91. The van der Waals surface area contributed by atoms with Crippen LogP contribution in [0.2, 0.25) is 0 Å². The Labute approximate surface area is 126 Å². The largest absolute Gasteiger partial charge is 0.324 e. The zero-order chi connectivity index (χ0) is 14.7. The van der Waals surface area contributed by atoms with Crippen molar-refractivity contribution in [2.24, 2.45) is 0 Å². The highest BCUT2D eigenvalue weighted by molar-refractivity contribution is 7.97. The number of benzene rings is 2. The summed E-state index contributed by atoms with van der Waals surface area (Å²) in [5.41, 5.74) is 2.45. The fraction of sp³-hybridized carbons (Fsp3) is 0.125. The molecule has 0 aliphatic heterocycles. The van der Waals surface area contributed by atoms with Crippen LogP contribution in [0.15, 0.2) is 48.7 Å². The highest BCUT2D eigenvalue weighted by Crippen LogP contribution is 2.21. The number of nitrogens with zero attached hydrogens (tertiary/aromatic N) is 2. The molecule has 0 saturated carbocycles. The number of thioether (sulfide) groups is 1. The summed E-state index contributed by atoms with van der Waals surface area (Å²) in [4.78, 5) is 8.68. The van der Waals surface area contributed by atoms with Gasteiger partial charge in [0.05, 0.1) is 5.52 Å². The van der Waals surface area contributed by atoms with Gasteiger partial charge in [0.1, 0.15) is 5.82 Å². The van der Waals surface area contributed by atoms with Gasteiger partial charge in [-0.15, -0.1) is 0 Å². The summed E-state index contributed by atoms with van der Waals surface area (Å²) in [7, 11) is 0. The average Bonchev–Trinajstić information content (AvgIpc) is 2.47. The zero-order valence-electron chi connectivity index (χ0n) is 11.5. The second kappa shape index (κ2) is 6.10. The van der Waals surface area contributed by atoms with Gasteiger partial charge in [0, 0.05) is 23.0 Å². The summed E-state index contributed by atoms with van der Waals surface area (Å²) >= 11 is 1.65. The summed E-state index contributed by atoms with van der Waals surface area (Å²) in [5, 5.41) is 4.04. The maximum absolute atomic E-state index is 13.6. The summed E-state index contributed by atoms with van der Waals surface area (Å²) < 4.78 is 13.6. The van der Waals surface area contributed by atoms with E-state index in [-0.39, 0.29) is 5.82 Å². The molecule has 0 bridgehead atoms. The van der Waals surface area contributed by atoms with Gasteiger partial charge in [-0.25, -0.2) is 14.4 Å². The summed E-state index contributed by atoms with van der Waals surface area (Å²) in [5.74, 6) is 0.976. The number of aromatic nitrogens is 2. The number of hydrogen-bond donors (Lipinski definition) is 1. The van der Waals surface area contributed by atoms with Gasteiger partial charge >= 0.3 is 0 Å². The lowest BCUT2D eigenvalue weighted by atomic mass is 10.2. The van der Waals surface area contributed by atoms with Crippen molar-refractivity contribution in [3.05, 3.63) is 60.0 Å². The molecule has 0 amide bonds. The quantitative estimate of drug-likeness (QED) is 0.776. The minimum atomic E-state index is -0.259. The van der Waals surface area contributed by atoms with Crippen LogP contribution in [0.5, 0.6) is 0 Å². The lowest BCUT2D eigenvalue weighted by molar-refractivity contribution is 0.627. The molecule has 0 unspecified atom stereocenters. The smallest absolute Gasteiger partial charge is 0.227 e. The molecule has 0 fully saturated rings. The number of rotatable bonds is 4. The first-order chi connectivity index (χ1) is 10.2. The van der Waals surface area contributed by atoms with Crippen molar-refractivity contribution in [3.8, 4) is 0 Å². The van der Waals surface area contributed by atoms with E-state index in [1.807, 2.05) is 36.6 Å². The van der Waals surface area contributed by atoms with E-state index in [0.29, 0.717) is 11.6 Å². The Morgan fingerprint density at radius 1 is 1.19 bits per heavy atom. The minimum Gasteiger partial charge on any atom is -0.324 e. The third-order valence-corrected chi connectivity index (χ3v) is 3.64. The highest BCUT2D eigenvalue weighted by atomic mass is 32.2. The van der Waals surface area contributed by atoms with Crippen LogP contribution in [0.3, 0.4) is 0 Å². The van der Waals surface area contributed by atoms with E-state index in [0.717, 1.165) is 22.2 Å². The number of para-hydroxylation sites is 1. The Morgan fingerprint density at radius 3 is 2.90 bits per heavy atom. The van der Waals surface area contributed by atoms with Gasteiger partial charge < -0.3 is 5.32 Å². The standard InChI is InChI=1S/C16H14FN3S/c1-21-10-11-6-13(17)8-14(7-11)19-16-18-9-12-4-2-3-5-15(12)20-16/h2-9H,10H2,1H3,(H,18,19,20). The van der Waals surface area contributed by atoms with Crippen LogP contribution in [0, 0.1) is 5.82 Å². The lowest BCUT2D eigenvalue weighted by Gasteiger charge is -2.08. The number of nitrogens with one attached hydrogen (secondary N) is 1. The molecule has 0 saturated heterocycles. The summed E-state index contributed by atoms with van der Waals surface area (Å²) in [6.45, 7) is 0. The first kappa shape index (κ1) is 13.8. The van der Waals surface area contributed by atoms with Gasteiger partial charge in [-0.2, -0.15) is 11.8 Å². The predicted octanol–water partition coefficient (Wildman–Crippen LogP) is 4.38. The Morgan fingerprint density at radius 2 is 2.05 bits per heavy atom. The van der Waals surface area contributed by atoms with Crippen molar-refractivity contribution in [3.63, 3.8) is 0 Å². The van der Waals surface area contributed by atoms with E-state index in [2.05, 4.69) is 15.3 Å². The monoisotopic (exact) mass is 299 g/mol. The van der Waals surface area contributed by atoms with Gasteiger partial charge in [0.2, 0.25) is 5.95 Å². The predicted molar refractivity (Wildman–Crippen MR) is 86.4 cm³/mol. The SMILES string of the molecule is CSCc1cc(F)cc(Nc2ncc3ccccc3n2)c1. The summed E-state index contributed by atoms with van der Waals surface area (Å²) in [6.07, 6.45) is 3.75. The van der Waals surface area contributed by atoms with Crippen molar-refractivity contribution in [1.82, 2.24) is 9.97 Å². The molecule has 0 aliphatic carbocycles. The lowest BCUT2D eigenvalue weighted by Crippen LogP contribution is -1.98. The van der Waals surface area contributed by atoms with Gasteiger partial charge in [0.25, 0.3) is 0 Å². The van der Waals surface area contributed by atoms with E-state index in [1.165, 1.54) is 6.07 Å². The maximum Gasteiger partial charge on any atom is 0.227 e. The molecule has 0 atom stereocenters. The molecule has 3 aromatic rings. The van der Waals surface area contributed by atoms with E-state index < -0.39 is 0 Å². The fourth-order valence-electron chi connectivity index (χ4n) is 2.13.